The molecule has 21 heavy (non-hydrogen) atoms. The highest BCUT2D eigenvalue weighted by molar-refractivity contribution is 6.78. The van der Waals surface area contributed by atoms with Crippen LogP contribution in [0.25, 0.3) is 0 Å². The summed E-state index contributed by atoms with van der Waals surface area (Å²) in [5.41, 5.74) is 2.78. The van der Waals surface area contributed by atoms with E-state index in [-0.39, 0.29) is 0 Å². The highest BCUT2D eigenvalue weighted by Crippen LogP contribution is 2.17. The number of hydrogen-bond donors (Lipinski definition) is 0. The molecule has 0 saturated heterocycles. The van der Waals surface area contributed by atoms with E-state index in [2.05, 4.69) is 81.1 Å². The van der Waals surface area contributed by atoms with Crippen molar-refractivity contribution in [3.63, 3.8) is 0 Å². The second-order valence-electron chi connectivity index (χ2n) is 6.94. The zero-order valence-electron chi connectivity index (χ0n) is 13.9. The number of anilines is 1. The third-order valence-corrected chi connectivity index (χ3v) is 3.84. The first-order chi connectivity index (χ1) is 10.1. The first-order valence-corrected chi connectivity index (χ1v) is 8.24. The van der Waals surface area contributed by atoms with Gasteiger partial charge in [-0.15, -0.1) is 5.98 Å². The summed E-state index contributed by atoms with van der Waals surface area (Å²) in [6, 6.07) is 9.20. The van der Waals surface area contributed by atoms with Gasteiger partial charge in [-0.1, -0.05) is 63.5 Å². The molecular formula is C19H28BN. The third-order valence-electron chi connectivity index (χ3n) is 3.84. The summed E-state index contributed by atoms with van der Waals surface area (Å²) in [4.78, 5) is 2.52. The van der Waals surface area contributed by atoms with Crippen LogP contribution in [-0.2, 0) is 0 Å². The minimum atomic E-state index is 0.549. The van der Waals surface area contributed by atoms with E-state index in [4.69, 9.17) is 0 Å². The lowest BCUT2D eigenvalue weighted by Crippen LogP contribution is -2.32. The Morgan fingerprint density at radius 1 is 0.952 bits per heavy atom. The molecule has 2 heteroatoms. The number of nitrogens with zero attached hydrogens (tertiary/aromatic N) is 1. The predicted octanol–water partition coefficient (Wildman–Crippen LogP) is 4.17. The summed E-state index contributed by atoms with van der Waals surface area (Å²) >= 11 is 0. The van der Waals surface area contributed by atoms with Crippen LogP contribution in [0.1, 0.15) is 27.7 Å². The molecule has 0 saturated carbocycles. The van der Waals surface area contributed by atoms with Gasteiger partial charge in [-0.3, -0.25) is 0 Å². The fourth-order valence-electron chi connectivity index (χ4n) is 2.93. The average molecular weight is 281 g/mol. The van der Waals surface area contributed by atoms with Crippen LogP contribution in [0.4, 0.5) is 5.69 Å². The van der Waals surface area contributed by atoms with Gasteiger partial charge >= 0.3 is 0 Å². The Morgan fingerprint density at radius 2 is 1.57 bits per heavy atom. The molecule has 0 aliphatic carbocycles. The van der Waals surface area contributed by atoms with Gasteiger partial charge in [0.05, 0.1) is 0 Å². The lowest BCUT2D eigenvalue weighted by molar-refractivity contribution is 0.553. The first kappa shape index (κ1) is 15.9. The number of hydrogen-bond acceptors (Lipinski definition) is 1. The van der Waals surface area contributed by atoms with Crippen molar-refractivity contribution in [3.05, 3.63) is 48.5 Å². The van der Waals surface area contributed by atoms with E-state index in [0.717, 1.165) is 19.4 Å². The van der Waals surface area contributed by atoms with E-state index in [9.17, 15) is 0 Å². The molecule has 1 aliphatic heterocycles. The Labute approximate surface area is 130 Å². The maximum absolute atomic E-state index is 2.52. The Balaban J connectivity index is 2.10. The van der Waals surface area contributed by atoms with Crippen LogP contribution >= 0.6 is 0 Å². The van der Waals surface area contributed by atoms with Crippen LogP contribution < -0.4 is 10.4 Å². The molecule has 0 spiro atoms. The minimum Gasteiger partial charge on any atom is -0.371 e. The normalized spacial score (nSPS) is 14.3. The van der Waals surface area contributed by atoms with E-state index in [1.54, 1.807) is 0 Å². The van der Waals surface area contributed by atoms with Gasteiger partial charge in [-0.05, 0) is 30.3 Å². The van der Waals surface area contributed by atoms with Gasteiger partial charge < -0.3 is 4.90 Å². The molecule has 1 heterocycles. The van der Waals surface area contributed by atoms with Gasteiger partial charge in [0.1, 0.15) is 0 Å². The largest absolute Gasteiger partial charge is 0.371 e. The zero-order chi connectivity index (χ0) is 15.2. The van der Waals surface area contributed by atoms with Gasteiger partial charge in [0.25, 0.3) is 0 Å². The summed E-state index contributed by atoms with van der Waals surface area (Å²) in [7, 11) is 0. The fourth-order valence-corrected chi connectivity index (χ4v) is 2.93. The van der Waals surface area contributed by atoms with Crippen LogP contribution in [0, 0.1) is 11.8 Å². The summed E-state index contributed by atoms with van der Waals surface area (Å²) in [5, 5.41) is 0. The van der Waals surface area contributed by atoms with Crippen LogP contribution in [0.15, 0.2) is 48.5 Å². The predicted molar refractivity (Wildman–Crippen MR) is 96.8 cm³/mol. The van der Waals surface area contributed by atoms with Crippen molar-refractivity contribution < 1.29 is 0 Å². The third kappa shape index (κ3) is 4.80. The maximum Gasteiger partial charge on any atom is 0.204 e. The Hall–Kier alpha value is -1.44. The summed E-state index contributed by atoms with van der Waals surface area (Å²) in [6.07, 6.45) is 7.67. The first-order valence-electron chi connectivity index (χ1n) is 8.24. The fraction of sp³-hybridized carbons (Fsp3) is 0.474. The number of benzene rings is 1. The molecule has 0 atom stereocenters. The van der Waals surface area contributed by atoms with Crippen LogP contribution in [-0.4, -0.2) is 19.8 Å². The standard InChI is InChI=1S/C19H28BN/c1-16(2)14-21(15-17(3)4)19-10-8-18(9-11-19)20-12-6-5-7-13-20/h5-12,16-17H,13-15H2,1-4H3. The van der Waals surface area contributed by atoms with Crippen LogP contribution in [0.5, 0.6) is 0 Å². The summed E-state index contributed by atoms with van der Waals surface area (Å²) in [6.45, 7) is 12.0. The highest BCUT2D eigenvalue weighted by atomic mass is 15.1. The SMILES string of the molecule is CC(C)CN(CC(C)C)c1ccc(B2C=CC=CC2)cc1. The van der Waals surface area contributed by atoms with Gasteiger partial charge in [0.2, 0.25) is 6.71 Å². The van der Waals surface area contributed by atoms with Crippen molar-refractivity contribution >= 4 is 17.9 Å². The molecule has 112 valence electrons. The lowest BCUT2D eigenvalue weighted by atomic mass is 9.42. The maximum atomic E-state index is 2.52. The molecule has 1 nitrogen and oxygen atoms in total. The lowest BCUT2D eigenvalue weighted by Gasteiger charge is -2.29. The van der Waals surface area contributed by atoms with Gasteiger partial charge in [-0.25, -0.2) is 0 Å². The zero-order valence-corrected chi connectivity index (χ0v) is 13.9. The molecule has 1 aliphatic rings. The second kappa shape index (κ2) is 7.54. The van der Waals surface area contributed by atoms with Crippen molar-refractivity contribution in [1.82, 2.24) is 0 Å². The van der Waals surface area contributed by atoms with E-state index in [1.165, 1.54) is 11.2 Å². The topological polar surface area (TPSA) is 3.24 Å². The monoisotopic (exact) mass is 281 g/mol. The molecule has 0 N–H and O–H groups in total. The van der Waals surface area contributed by atoms with Gasteiger partial charge in [-0.2, -0.15) is 0 Å². The second-order valence-corrected chi connectivity index (χ2v) is 6.94. The molecule has 0 bridgehead atoms. The molecule has 2 rings (SSSR count). The van der Waals surface area contributed by atoms with Crippen molar-refractivity contribution in [2.45, 2.75) is 34.0 Å². The Morgan fingerprint density at radius 3 is 2.05 bits per heavy atom. The molecule has 1 aromatic carbocycles. The molecular weight excluding hydrogens is 253 g/mol. The van der Waals surface area contributed by atoms with Crippen LogP contribution in [0.2, 0.25) is 6.32 Å². The van der Waals surface area contributed by atoms with E-state index in [1.807, 2.05) is 0 Å². The molecule has 1 aromatic rings. The Bertz CT molecular complexity index is 475. The minimum absolute atomic E-state index is 0.549. The van der Waals surface area contributed by atoms with Crippen molar-refractivity contribution in [1.29, 1.82) is 0 Å². The quantitative estimate of drug-likeness (QED) is 0.707. The smallest absolute Gasteiger partial charge is 0.204 e. The van der Waals surface area contributed by atoms with Crippen molar-refractivity contribution in [2.24, 2.45) is 11.8 Å². The van der Waals surface area contributed by atoms with E-state index >= 15 is 0 Å². The number of allylic oxidation sites excluding steroid dienone is 3. The average Bonchev–Trinajstić information content (AvgIpc) is 2.47. The summed E-state index contributed by atoms with van der Waals surface area (Å²) < 4.78 is 0. The van der Waals surface area contributed by atoms with Crippen molar-refractivity contribution in [2.75, 3.05) is 18.0 Å². The van der Waals surface area contributed by atoms with Crippen LogP contribution in [0.3, 0.4) is 0 Å². The molecule has 0 radical (unpaired) electrons. The number of rotatable bonds is 6. The van der Waals surface area contributed by atoms with E-state index in [0.29, 0.717) is 18.5 Å². The molecule has 0 aromatic heterocycles. The van der Waals surface area contributed by atoms with Crippen molar-refractivity contribution in [3.8, 4) is 0 Å². The Kier molecular flexibility index (Phi) is 5.72. The molecule has 0 fully saturated rings. The van der Waals surface area contributed by atoms with E-state index < -0.39 is 0 Å². The summed E-state index contributed by atoms with van der Waals surface area (Å²) in [5.74, 6) is 3.68. The molecule has 0 amide bonds. The molecule has 0 unspecified atom stereocenters. The highest BCUT2D eigenvalue weighted by Gasteiger charge is 2.14. The van der Waals surface area contributed by atoms with Gasteiger partial charge in [0.15, 0.2) is 0 Å². The van der Waals surface area contributed by atoms with Gasteiger partial charge in [0, 0.05) is 18.8 Å².